The van der Waals surface area contributed by atoms with E-state index in [1.807, 2.05) is 12.1 Å². The third-order valence-corrected chi connectivity index (χ3v) is 7.24. The predicted octanol–water partition coefficient (Wildman–Crippen LogP) is 4.39. The van der Waals surface area contributed by atoms with Crippen molar-refractivity contribution in [2.45, 2.75) is 56.8 Å². The summed E-state index contributed by atoms with van der Waals surface area (Å²) in [5.41, 5.74) is 3.05. The molecule has 0 atom stereocenters. The Morgan fingerprint density at radius 2 is 1.52 bits per heavy atom. The molecule has 0 bridgehead atoms. The highest BCUT2D eigenvalue weighted by Gasteiger charge is 2.26. The van der Waals surface area contributed by atoms with E-state index in [0.717, 1.165) is 30.5 Å². The molecule has 5 nitrogen and oxygen atoms in total. The Morgan fingerprint density at radius 3 is 2.14 bits per heavy atom. The largest absolute Gasteiger partial charge is 0.326 e. The fourth-order valence-electron chi connectivity index (χ4n) is 3.52. The second-order valence-corrected chi connectivity index (χ2v) is 9.54. The van der Waals surface area contributed by atoms with Crippen LogP contribution in [0.15, 0.2) is 53.4 Å². The molecule has 0 saturated carbocycles. The minimum absolute atomic E-state index is 0.0416. The van der Waals surface area contributed by atoms with Crippen molar-refractivity contribution in [2.75, 3.05) is 18.4 Å². The molecule has 0 aliphatic carbocycles. The van der Waals surface area contributed by atoms with Crippen molar-refractivity contribution in [3.05, 3.63) is 59.7 Å². The lowest BCUT2D eigenvalue weighted by Gasteiger charge is -2.15. The monoisotopic (exact) mass is 414 g/mol. The number of nitrogens with zero attached hydrogens (tertiary/aromatic N) is 1. The zero-order chi connectivity index (χ0) is 20.7. The van der Waals surface area contributed by atoms with Gasteiger partial charge in [-0.3, -0.25) is 4.79 Å². The summed E-state index contributed by atoms with van der Waals surface area (Å²) >= 11 is 0. The number of hydrogen-bond acceptors (Lipinski definition) is 3. The summed E-state index contributed by atoms with van der Waals surface area (Å²) in [7, 11) is -3.38. The van der Waals surface area contributed by atoms with Crippen molar-refractivity contribution < 1.29 is 13.2 Å². The molecule has 156 valence electrons. The van der Waals surface area contributed by atoms with Crippen LogP contribution in [-0.2, 0) is 27.7 Å². The zero-order valence-corrected chi connectivity index (χ0v) is 17.9. The molecular weight excluding hydrogens is 384 g/mol. The second kappa shape index (κ2) is 10.0. The predicted molar refractivity (Wildman–Crippen MR) is 116 cm³/mol. The molecule has 0 aromatic heterocycles. The summed E-state index contributed by atoms with van der Waals surface area (Å²) in [6.07, 6.45) is 6.18. The standard InChI is InChI=1S/C23H30N2O3S/c1-2-3-6-19-7-12-21(13-8-19)24-23(26)16-11-20-9-14-22(15-10-20)29(27,28)25-17-4-5-18-25/h7-10,12-15H,2-6,11,16-18H2,1H3,(H,24,26). The van der Waals surface area contributed by atoms with Crippen molar-refractivity contribution >= 4 is 21.6 Å². The molecule has 3 rings (SSSR count). The van der Waals surface area contributed by atoms with Crippen LogP contribution in [0, 0.1) is 0 Å². The fourth-order valence-corrected chi connectivity index (χ4v) is 5.04. The molecule has 1 amide bonds. The van der Waals surface area contributed by atoms with Gasteiger partial charge in [-0.25, -0.2) is 8.42 Å². The van der Waals surface area contributed by atoms with Gasteiger partial charge in [-0.15, -0.1) is 0 Å². The van der Waals surface area contributed by atoms with E-state index in [0.29, 0.717) is 30.8 Å². The second-order valence-electron chi connectivity index (χ2n) is 7.60. The first-order chi connectivity index (χ1) is 14.0. The maximum atomic E-state index is 12.6. The zero-order valence-electron chi connectivity index (χ0n) is 17.1. The van der Waals surface area contributed by atoms with Gasteiger partial charge in [0, 0.05) is 25.2 Å². The molecule has 1 N–H and O–H groups in total. The van der Waals surface area contributed by atoms with Crippen molar-refractivity contribution in [3.8, 4) is 0 Å². The number of benzene rings is 2. The Hall–Kier alpha value is -2.18. The summed E-state index contributed by atoms with van der Waals surface area (Å²) in [5, 5.41) is 2.93. The van der Waals surface area contributed by atoms with Crippen LogP contribution in [-0.4, -0.2) is 31.7 Å². The summed E-state index contributed by atoms with van der Waals surface area (Å²) in [6, 6.07) is 14.9. The van der Waals surface area contributed by atoms with Crippen LogP contribution in [0.4, 0.5) is 5.69 Å². The number of anilines is 1. The fraction of sp³-hybridized carbons (Fsp3) is 0.435. The summed E-state index contributed by atoms with van der Waals surface area (Å²) in [4.78, 5) is 12.6. The van der Waals surface area contributed by atoms with E-state index in [2.05, 4.69) is 24.4 Å². The lowest BCUT2D eigenvalue weighted by Crippen LogP contribution is -2.27. The van der Waals surface area contributed by atoms with Crippen LogP contribution in [0.3, 0.4) is 0 Å². The highest BCUT2D eigenvalue weighted by atomic mass is 32.2. The first kappa shape index (κ1) is 21.5. The third kappa shape index (κ3) is 5.90. The first-order valence-electron chi connectivity index (χ1n) is 10.5. The van der Waals surface area contributed by atoms with Crippen LogP contribution >= 0.6 is 0 Å². The minimum atomic E-state index is -3.38. The molecule has 1 fully saturated rings. The molecule has 1 saturated heterocycles. The molecule has 1 heterocycles. The number of amides is 1. The molecular formula is C23H30N2O3S. The third-order valence-electron chi connectivity index (χ3n) is 5.32. The van der Waals surface area contributed by atoms with Crippen molar-refractivity contribution in [1.82, 2.24) is 4.31 Å². The number of aryl methyl sites for hydroxylation is 2. The van der Waals surface area contributed by atoms with Gasteiger partial charge in [0.15, 0.2) is 0 Å². The molecule has 1 aliphatic rings. The van der Waals surface area contributed by atoms with Crippen molar-refractivity contribution in [2.24, 2.45) is 0 Å². The van der Waals surface area contributed by atoms with Crippen LogP contribution < -0.4 is 5.32 Å². The van der Waals surface area contributed by atoms with Crippen molar-refractivity contribution in [3.63, 3.8) is 0 Å². The highest BCUT2D eigenvalue weighted by molar-refractivity contribution is 7.89. The van der Waals surface area contributed by atoms with Gasteiger partial charge in [0.05, 0.1) is 4.90 Å². The Labute approximate surface area is 174 Å². The minimum Gasteiger partial charge on any atom is -0.326 e. The Morgan fingerprint density at radius 1 is 0.931 bits per heavy atom. The van der Waals surface area contributed by atoms with E-state index in [9.17, 15) is 13.2 Å². The first-order valence-corrected chi connectivity index (χ1v) is 11.9. The van der Waals surface area contributed by atoms with E-state index >= 15 is 0 Å². The van der Waals surface area contributed by atoms with E-state index in [1.54, 1.807) is 28.6 Å². The van der Waals surface area contributed by atoms with E-state index in [4.69, 9.17) is 0 Å². The molecule has 0 spiro atoms. The van der Waals surface area contributed by atoms with Crippen LogP contribution in [0.25, 0.3) is 0 Å². The molecule has 2 aromatic carbocycles. The Bertz CT molecular complexity index is 900. The lowest BCUT2D eigenvalue weighted by atomic mass is 10.1. The number of hydrogen-bond donors (Lipinski definition) is 1. The van der Waals surface area contributed by atoms with Crippen LogP contribution in [0.1, 0.15) is 50.2 Å². The number of rotatable bonds is 9. The van der Waals surface area contributed by atoms with Crippen molar-refractivity contribution in [1.29, 1.82) is 0 Å². The molecule has 6 heteroatoms. The topological polar surface area (TPSA) is 66.5 Å². The quantitative estimate of drug-likeness (QED) is 0.662. The number of sulfonamides is 1. The van der Waals surface area contributed by atoms with E-state index in [-0.39, 0.29) is 5.91 Å². The Kier molecular flexibility index (Phi) is 7.45. The molecule has 2 aromatic rings. The Balaban J connectivity index is 1.50. The van der Waals surface area contributed by atoms with Gasteiger partial charge in [0.1, 0.15) is 0 Å². The molecule has 29 heavy (non-hydrogen) atoms. The maximum absolute atomic E-state index is 12.6. The number of unbranched alkanes of at least 4 members (excludes halogenated alkanes) is 1. The van der Waals surface area contributed by atoms with Gasteiger partial charge in [0.2, 0.25) is 15.9 Å². The lowest BCUT2D eigenvalue weighted by molar-refractivity contribution is -0.116. The van der Waals surface area contributed by atoms with Crippen LogP contribution in [0.5, 0.6) is 0 Å². The average molecular weight is 415 g/mol. The average Bonchev–Trinajstić information content (AvgIpc) is 3.28. The van der Waals surface area contributed by atoms with E-state index < -0.39 is 10.0 Å². The number of nitrogens with one attached hydrogen (secondary N) is 1. The van der Waals surface area contributed by atoms with Gasteiger partial charge in [-0.2, -0.15) is 4.31 Å². The molecule has 1 aliphatic heterocycles. The number of carbonyl (C=O) groups excluding carboxylic acids is 1. The van der Waals surface area contributed by atoms with Gasteiger partial charge in [-0.1, -0.05) is 37.6 Å². The summed E-state index contributed by atoms with van der Waals surface area (Å²) < 4.78 is 26.7. The van der Waals surface area contributed by atoms with E-state index in [1.165, 1.54) is 18.4 Å². The van der Waals surface area contributed by atoms with Gasteiger partial charge in [-0.05, 0) is 67.5 Å². The maximum Gasteiger partial charge on any atom is 0.243 e. The summed E-state index contributed by atoms with van der Waals surface area (Å²) in [5.74, 6) is -0.0416. The molecule has 0 unspecified atom stereocenters. The van der Waals surface area contributed by atoms with Gasteiger partial charge >= 0.3 is 0 Å². The van der Waals surface area contributed by atoms with Crippen LogP contribution in [0.2, 0.25) is 0 Å². The number of carbonyl (C=O) groups is 1. The van der Waals surface area contributed by atoms with Gasteiger partial charge in [0.25, 0.3) is 0 Å². The highest BCUT2D eigenvalue weighted by Crippen LogP contribution is 2.21. The summed E-state index contributed by atoms with van der Waals surface area (Å²) in [6.45, 7) is 3.38. The smallest absolute Gasteiger partial charge is 0.243 e. The van der Waals surface area contributed by atoms with Gasteiger partial charge < -0.3 is 5.32 Å². The molecule has 0 radical (unpaired) electrons. The normalized spacial score (nSPS) is 14.8. The SMILES string of the molecule is CCCCc1ccc(NC(=O)CCc2ccc(S(=O)(=O)N3CCCC3)cc2)cc1.